The zero-order chi connectivity index (χ0) is 15.1. The fourth-order valence-corrected chi connectivity index (χ4v) is 1.96. The minimum Gasteiger partial charge on any atom is -0.489 e. The van der Waals surface area contributed by atoms with Crippen molar-refractivity contribution in [2.24, 2.45) is 0 Å². The molecule has 0 aliphatic rings. The van der Waals surface area contributed by atoms with E-state index in [0.29, 0.717) is 16.6 Å². The lowest BCUT2D eigenvalue weighted by Crippen LogP contribution is -2.11. The molecule has 108 valence electrons. The number of carbonyl (C=O) groups excluding carboxylic acids is 1. The predicted octanol–water partition coefficient (Wildman–Crippen LogP) is 3.26. The molecule has 5 nitrogen and oxygen atoms in total. The Morgan fingerprint density at radius 1 is 1.35 bits per heavy atom. The lowest BCUT2D eigenvalue weighted by Gasteiger charge is -2.14. The first-order chi connectivity index (χ1) is 9.51. The first-order valence-corrected chi connectivity index (χ1v) is 7.12. The van der Waals surface area contributed by atoms with Crippen LogP contribution in [0.25, 0.3) is 0 Å². The number of carbonyl (C=O) groups is 2. The smallest absolute Gasteiger partial charge is 0.339 e. The third-order valence-electron chi connectivity index (χ3n) is 2.25. The second kappa shape index (κ2) is 7.88. The first-order valence-electron chi connectivity index (χ1n) is 6.04. The van der Waals surface area contributed by atoms with Gasteiger partial charge in [0.05, 0.1) is 10.2 Å². The van der Waals surface area contributed by atoms with Crippen LogP contribution in [0.4, 0.5) is 0 Å². The van der Waals surface area contributed by atoms with Crippen molar-refractivity contribution in [1.29, 1.82) is 0 Å². The fraction of sp³-hybridized carbons (Fsp3) is 0.286. The Morgan fingerprint density at radius 2 is 2.05 bits per heavy atom. The second-order valence-corrected chi connectivity index (χ2v) is 4.99. The summed E-state index contributed by atoms with van der Waals surface area (Å²) in [5.41, 5.74) is -0.0258. The Labute approximate surface area is 130 Å². The van der Waals surface area contributed by atoms with Crippen LogP contribution in [0.15, 0.2) is 24.3 Å². The molecule has 0 saturated carbocycles. The highest BCUT2D eigenvalue weighted by Gasteiger charge is 2.21. The molecule has 1 N–H and O–H groups in total. The minimum atomic E-state index is -1.13. The van der Waals surface area contributed by atoms with Crippen molar-refractivity contribution >= 4 is 34.5 Å². The van der Waals surface area contributed by atoms with E-state index in [1.165, 1.54) is 12.1 Å². The first kappa shape index (κ1) is 16.5. The minimum absolute atomic E-state index is 0.0258. The average Bonchev–Trinajstić information content (AvgIpc) is 2.39. The van der Waals surface area contributed by atoms with Crippen LogP contribution in [0.1, 0.15) is 30.6 Å². The maximum Gasteiger partial charge on any atom is 0.339 e. The second-order valence-electron chi connectivity index (χ2n) is 3.83. The quantitative estimate of drug-likeness (QED) is 0.350. The van der Waals surface area contributed by atoms with Crippen molar-refractivity contribution in [3.05, 3.63) is 33.4 Å². The lowest BCUT2D eigenvalue weighted by atomic mass is 10.2. The normalized spacial score (nSPS) is 10.6. The lowest BCUT2D eigenvalue weighted by molar-refractivity contribution is -0.129. The van der Waals surface area contributed by atoms with E-state index in [2.05, 4.69) is 0 Å². The summed E-state index contributed by atoms with van der Waals surface area (Å²) < 4.78 is 11.2. The number of allylic oxidation sites excluding steroid dienone is 1. The molecule has 0 aliphatic carbocycles. The molecule has 0 bridgehead atoms. The van der Waals surface area contributed by atoms with Crippen molar-refractivity contribution in [2.75, 3.05) is 6.61 Å². The number of carboxylic acid groups (broad SMARTS) is 1. The van der Waals surface area contributed by atoms with Crippen LogP contribution in [-0.4, -0.2) is 23.7 Å². The Balaban J connectivity index is 3.26. The molecule has 1 aromatic rings. The third kappa shape index (κ3) is 4.22. The van der Waals surface area contributed by atoms with Crippen LogP contribution < -0.4 is 9.47 Å². The Morgan fingerprint density at radius 3 is 2.60 bits per heavy atom. The van der Waals surface area contributed by atoms with E-state index in [4.69, 9.17) is 9.47 Å². The highest BCUT2D eigenvalue weighted by atomic mass is 127. The number of hydrogen-bond acceptors (Lipinski definition) is 4. The zero-order valence-corrected chi connectivity index (χ0v) is 13.3. The number of hydrogen-bond donors (Lipinski definition) is 1. The molecule has 0 aliphatic heterocycles. The molecule has 0 atom stereocenters. The molecule has 1 rings (SSSR count). The molecule has 0 saturated heterocycles. The Hall–Kier alpha value is -1.57. The third-order valence-corrected chi connectivity index (χ3v) is 3.10. The van der Waals surface area contributed by atoms with Crippen molar-refractivity contribution in [3.8, 4) is 11.5 Å². The molecule has 6 heteroatoms. The summed E-state index contributed by atoms with van der Waals surface area (Å²) in [5, 5.41) is 9.18. The molecular weight excluding hydrogens is 375 g/mol. The van der Waals surface area contributed by atoms with Crippen LogP contribution in [0, 0.1) is 3.57 Å². The predicted molar refractivity (Wildman–Crippen MR) is 82.4 cm³/mol. The van der Waals surface area contributed by atoms with Crippen molar-refractivity contribution in [3.63, 3.8) is 0 Å². The topological polar surface area (TPSA) is 72.8 Å². The van der Waals surface area contributed by atoms with Crippen LogP contribution >= 0.6 is 22.6 Å². The van der Waals surface area contributed by atoms with E-state index in [9.17, 15) is 14.7 Å². The Bertz CT molecular complexity index is 537. The van der Waals surface area contributed by atoms with E-state index in [0.717, 1.165) is 0 Å². The van der Waals surface area contributed by atoms with Crippen LogP contribution in [0.2, 0.25) is 0 Å². The maximum absolute atomic E-state index is 11.6. The molecule has 1 aromatic carbocycles. The molecule has 0 fully saturated rings. The van der Waals surface area contributed by atoms with Crippen LogP contribution in [-0.2, 0) is 4.79 Å². The molecule has 0 aromatic heterocycles. The van der Waals surface area contributed by atoms with Crippen molar-refractivity contribution in [2.45, 2.75) is 20.3 Å². The van der Waals surface area contributed by atoms with E-state index < -0.39 is 11.9 Å². The largest absolute Gasteiger partial charge is 0.489 e. The summed E-state index contributed by atoms with van der Waals surface area (Å²) >= 11 is 1.97. The van der Waals surface area contributed by atoms with Gasteiger partial charge in [-0.2, -0.15) is 0 Å². The van der Waals surface area contributed by atoms with Gasteiger partial charge in [0.25, 0.3) is 0 Å². The SMILES string of the molecule is CC=CC(=O)Oc1c(I)ccc(C(=O)O)c1OCCC. The van der Waals surface area contributed by atoms with E-state index in [-0.39, 0.29) is 17.1 Å². The van der Waals surface area contributed by atoms with Gasteiger partial charge in [-0.25, -0.2) is 9.59 Å². The average molecular weight is 390 g/mol. The summed E-state index contributed by atoms with van der Waals surface area (Å²) in [7, 11) is 0. The number of carboxylic acids is 1. The van der Waals surface area contributed by atoms with Gasteiger partial charge in [0, 0.05) is 6.08 Å². The van der Waals surface area contributed by atoms with Gasteiger partial charge in [0.15, 0.2) is 11.5 Å². The van der Waals surface area contributed by atoms with Crippen molar-refractivity contribution < 1.29 is 24.2 Å². The Kier molecular flexibility index (Phi) is 6.50. The summed E-state index contributed by atoms with van der Waals surface area (Å²) in [6.07, 6.45) is 3.52. The monoisotopic (exact) mass is 390 g/mol. The number of rotatable bonds is 6. The van der Waals surface area contributed by atoms with Gasteiger partial charge in [0.2, 0.25) is 0 Å². The fourth-order valence-electron chi connectivity index (χ4n) is 1.42. The zero-order valence-electron chi connectivity index (χ0n) is 11.2. The molecule has 0 unspecified atom stereocenters. The summed E-state index contributed by atoms with van der Waals surface area (Å²) in [5.74, 6) is -1.48. The molecule has 0 spiro atoms. The molecule has 0 heterocycles. The number of ether oxygens (including phenoxy) is 2. The van der Waals surface area contributed by atoms with E-state index in [1.54, 1.807) is 19.1 Å². The van der Waals surface area contributed by atoms with Crippen LogP contribution in [0.5, 0.6) is 11.5 Å². The van der Waals surface area contributed by atoms with Gasteiger partial charge in [-0.05, 0) is 48.1 Å². The summed E-state index contributed by atoms with van der Waals surface area (Å²) in [6, 6.07) is 3.00. The highest BCUT2D eigenvalue weighted by Crippen LogP contribution is 2.36. The van der Waals surface area contributed by atoms with Gasteiger partial charge in [-0.1, -0.05) is 13.0 Å². The summed E-state index contributed by atoms with van der Waals surface area (Å²) in [4.78, 5) is 22.8. The van der Waals surface area contributed by atoms with E-state index >= 15 is 0 Å². The molecular formula is C14H15IO5. The van der Waals surface area contributed by atoms with E-state index in [1.807, 2.05) is 29.5 Å². The highest BCUT2D eigenvalue weighted by molar-refractivity contribution is 14.1. The van der Waals surface area contributed by atoms with Gasteiger partial charge in [-0.15, -0.1) is 0 Å². The van der Waals surface area contributed by atoms with Gasteiger partial charge >= 0.3 is 11.9 Å². The van der Waals surface area contributed by atoms with Gasteiger partial charge in [0.1, 0.15) is 5.56 Å². The van der Waals surface area contributed by atoms with Crippen LogP contribution in [0.3, 0.4) is 0 Å². The number of benzene rings is 1. The molecule has 0 amide bonds. The molecule has 0 radical (unpaired) electrons. The maximum atomic E-state index is 11.6. The number of halogens is 1. The van der Waals surface area contributed by atoms with Gasteiger partial charge < -0.3 is 14.6 Å². The standard InChI is InChI=1S/C14H15IO5/c1-3-5-11(16)20-13-10(15)7-6-9(14(17)18)12(13)19-8-4-2/h3,5-7H,4,8H2,1-2H3,(H,17,18). The van der Waals surface area contributed by atoms with Gasteiger partial charge in [-0.3, -0.25) is 0 Å². The summed E-state index contributed by atoms with van der Waals surface area (Å²) in [6.45, 7) is 3.93. The number of esters is 1. The molecule has 20 heavy (non-hydrogen) atoms. The van der Waals surface area contributed by atoms with Crippen molar-refractivity contribution in [1.82, 2.24) is 0 Å². The number of aromatic carboxylic acids is 1.